The fourth-order valence-corrected chi connectivity index (χ4v) is 2.95. The van der Waals surface area contributed by atoms with Crippen LogP contribution in [-0.4, -0.2) is 33.8 Å². The smallest absolute Gasteiger partial charge is 0.431 e. The molecular formula is C20H17ClF4N2O6. The van der Waals surface area contributed by atoms with Crippen molar-refractivity contribution in [1.29, 1.82) is 0 Å². The van der Waals surface area contributed by atoms with Crippen molar-refractivity contribution in [2.45, 2.75) is 25.6 Å². The molecule has 13 heteroatoms. The summed E-state index contributed by atoms with van der Waals surface area (Å²) in [5, 5.41) is -0.459. The Balaban J connectivity index is 2.46. The zero-order chi connectivity index (χ0) is 25.1. The van der Waals surface area contributed by atoms with Crippen LogP contribution in [0.3, 0.4) is 0 Å². The van der Waals surface area contributed by atoms with Gasteiger partial charge < -0.3 is 9.47 Å². The maximum absolute atomic E-state index is 14.5. The van der Waals surface area contributed by atoms with Gasteiger partial charge in [-0.2, -0.15) is 13.2 Å². The van der Waals surface area contributed by atoms with Gasteiger partial charge >= 0.3 is 23.8 Å². The fourth-order valence-electron chi connectivity index (χ4n) is 2.72. The van der Waals surface area contributed by atoms with Gasteiger partial charge in [-0.25, -0.2) is 18.5 Å². The Morgan fingerprint density at radius 3 is 2.45 bits per heavy atom. The van der Waals surface area contributed by atoms with Crippen LogP contribution < -0.4 is 11.2 Å². The molecule has 1 unspecified atom stereocenters. The van der Waals surface area contributed by atoms with E-state index in [1.807, 2.05) is 0 Å². The number of ether oxygens (including phenoxy) is 2. The average Bonchev–Trinajstić information content (AvgIpc) is 2.69. The highest BCUT2D eigenvalue weighted by molar-refractivity contribution is 6.33. The molecule has 1 atom stereocenters. The number of rotatable bonds is 7. The number of alkyl halides is 3. The summed E-state index contributed by atoms with van der Waals surface area (Å²) in [6, 6.07) is 1.41. The summed E-state index contributed by atoms with van der Waals surface area (Å²) < 4.78 is 63.7. The lowest BCUT2D eigenvalue weighted by Gasteiger charge is -2.16. The molecule has 0 aliphatic carbocycles. The fraction of sp³-hybridized carbons (Fsp3) is 0.300. The van der Waals surface area contributed by atoms with E-state index >= 15 is 0 Å². The first-order chi connectivity index (χ1) is 15.3. The molecule has 1 aromatic heterocycles. The molecule has 0 aliphatic rings. The van der Waals surface area contributed by atoms with E-state index in [1.54, 1.807) is 0 Å². The first-order valence-electron chi connectivity index (χ1n) is 9.15. The normalized spacial score (nSPS) is 12.2. The Hall–Kier alpha value is -3.41. The second-order valence-corrected chi connectivity index (χ2v) is 7.12. The molecule has 0 fully saturated rings. The molecule has 2 rings (SSSR count). The van der Waals surface area contributed by atoms with E-state index in [9.17, 15) is 36.7 Å². The number of halogens is 5. The van der Waals surface area contributed by atoms with Gasteiger partial charge in [0.2, 0.25) is 0 Å². The monoisotopic (exact) mass is 492 g/mol. The number of nitrogens with zero attached hydrogens (tertiary/aromatic N) is 2. The molecule has 8 nitrogen and oxygen atoms in total. The standard InChI is InChI=1S/C20H17ClF4N2O6/c1-4-5-32-17(29)6-10(2)33-18(30)11-7-14(13(22)8-12(11)21)27-16(28)9-15(20(23,24)25)26(3)19(27)31/h4,7-10H,1,5-6H2,2-3H3. The highest BCUT2D eigenvalue weighted by Gasteiger charge is 2.35. The molecule has 0 bridgehead atoms. The van der Waals surface area contributed by atoms with Crippen molar-refractivity contribution >= 4 is 23.5 Å². The van der Waals surface area contributed by atoms with Gasteiger partial charge in [-0.05, 0) is 19.1 Å². The first-order valence-corrected chi connectivity index (χ1v) is 9.52. The van der Waals surface area contributed by atoms with Crippen LogP contribution >= 0.6 is 11.6 Å². The molecule has 0 amide bonds. The third-order valence-corrected chi connectivity index (χ3v) is 4.55. The highest BCUT2D eigenvalue weighted by Crippen LogP contribution is 2.28. The van der Waals surface area contributed by atoms with Crippen molar-refractivity contribution in [2.75, 3.05) is 6.61 Å². The lowest BCUT2D eigenvalue weighted by atomic mass is 10.1. The van der Waals surface area contributed by atoms with Crippen LogP contribution in [0.25, 0.3) is 5.69 Å². The van der Waals surface area contributed by atoms with Gasteiger partial charge in [0.15, 0.2) is 0 Å². The topological polar surface area (TPSA) is 96.6 Å². The van der Waals surface area contributed by atoms with E-state index in [2.05, 4.69) is 6.58 Å². The minimum absolute atomic E-state index is 0.0521. The van der Waals surface area contributed by atoms with Crippen molar-refractivity contribution in [1.82, 2.24) is 9.13 Å². The summed E-state index contributed by atoms with van der Waals surface area (Å²) in [7, 11) is 0.747. The molecule has 0 radical (unpaired) electrons. The number of benzene rings is 1. The highest BCUT2D eigenvalue weighted by atomic mass is 35.5. The number of carbonyl (C=O) groups excluding carboxylic acids is 2. The van der Waals surface area contributed by atoms with E-state index in [0.717, 1.165) is 7.05 Å². The molecule has 1 aromatic carbocycles. The van der Waals surface area contributed by atoms with Crippen LogP contribution in [0.15, 0.2) is 40.4 Å². The Labute approximate surface area is 188 Å². The van der Waals surface area contributed by atoms with Gasteiger partial charge in [0.05, 0.1) is 22.7 Å². The minimum Gasteiger partial charge on any atom is -0.461 e. The Bertz CT molecular complexity index is 1220. The van der Waals surface area contributed by atoms with E-state index in [-0.39, 0.29) is 28.2 Å². The summed E-state index contributed by atoms with van der Waals surface area (Å²) in [4.78, 5) is 48.7. The van der Waals surface area contributed by atoms with Gasteiger partial charge in [-0.1, -0.05) is 24.3 Å². The first kappa shape index (κ1) is 25.8. The SMILES string of the molecule is C=CCOC(=O)CC(C)OC(=O)c1cc(-n2c(=O)cc(C(F)(F)F)n(C)c2=O)c(F)cc1Cl. The Kier molecular flexibility index (Phi) is 7.85. The number of hydrogen-bond acceptors (Lipinski definition) is 6. The Morgan fingerprint density at radius 2 is 1.88 bits per heavy atom. The summed E-state index contributed by atoms with van der Waals surface area (Å²) in [6.07, 6.45) is -5.00. The summed E-state index contributed by atoms with van der Waals surface area (Å²) in [5.74, 6) is -3.08. The number of aromatic nitrogens is 2. The number of esters is 2. The molecule has 178 valence electrons. The van der Waals surface area contributed by atoms with E-state index in [0.29, 0.717) is 12.1 Å². The average molecular weight is 493 g/mol. The molecule has 1 heterocycles. The van der Waals surface area contributed by atoms with Crippen LogP contribution in [0, 0.1) is 5.82 Å². The second-order valence-electron chi connectivity index (χ2n) is 6.72. The van der Waals surface area contributed by atoms with Gasteiger partial charge in [0, 0.05) is 13.1 Å². The van der Waals surface area contributed by atoms with Gasteiger partial charge in [-0.3, -0.25) is 14.2 Å². The van der Waals surface area contributed by atoms with E-state index < -0.39 is 63.3 Å². The van der Waals surface area contributed by atoms with Crippen molar-refractivity contribution in [3.05, 3.63) is 73.8 Å². The predicted octanol–water partition coefficient (Wildman–Crippen LogP) is 3.01. The molecule has 0 saturated carbocycles. The molecule has 33 heavy (non-hydrogen) atoms. The number of hydrogen-bond donors (Lipinski definition) is 0. The van der Waals surface area contributed by atoms with Gasteiger partial charge in [0.25, 0.3) is 5.56 Å². The zero-order valence-electron chi connectivity index (χ0n) is 17.2. The summed E-state index contributed by atoms with van der Waals surface area (Å²) >= 11 is 5.87. The molecule has 0 saturated heterocycles. The van der Waals surface area contributed by atoms with Crippen LogP contribution in [0.1, 0.15) is 29.4 Å². The zero-order valence-corrected chi connectivity index (χ0v) is 18.0. The Morgan fingerprint density at radius 1 is 1.24 bits per heavy atom. The van der Waals surface area contributed by atoms with Crippen LogP contribution in [0.4, 0.5) is 17.6 Å². The van der Waals surface area contributed by atoms with Crippen LogP contribution in [-0.2, 0) is 27.5 Å². The van der Waals surface area contributed by atoms with Gasteiger partial charge in [-0.15, -0.1) is 0 Å². The van der Waals surface area contributed by atoms with Crippen molar-refractivity contribution in [3.63, 3.8) is 0 Å². The maximum Gasteiger partial charge on any atom is 0.431 e. The molecular weight excluding hydrogens is 476 g/mol. The molecule has 2 aromatic rings. The van der Waals surface area contributed by atoms with Crippen molar-refractivity contribution in [2.24, 2.45) is 7.05 Å². The summed E-state index contributed by atoms with van der Waals surface area (Å²) in [5.41, 5.74) is -5.84. The van der Waals surface area contributed by atoms with Crippen molar-refractivity contribution in [3.8, 4) is 5.69 Å². The molecule has 0 aliphatic heterocycles. The lowest BCUT2D eigenvalue weighted by Crippen LogP contribution is -2.41. The second kappa shape index (κ2) is 10.0. The van der Waals surface area contributed by atoms with E-state index in [4.69, 9.17) is 21.1 Å². The van der Waals surface area contributed by atoms with Crippen molar-refractivity contribution < 1.29 is 36.6 Å². The molecule has 0 spiro atoms. The lowest BCUT2D eigenvalue weighted by molar-refractivity contribution is -0.145. The predicted molar refractivity (Wildman–Crippen MR) is 108 cm³/mol. The van der Waals surface area contributed by atoms with E-state index in [1.165, 1.54) is 13.0 Å². The maximum atomic E-state index is 14.5. The third-order valence-electron chi connectivity index (χ3n) is 4.23. The quantitative estimate of drug-likeness (QED) is 0.335. The van der Waals surface area contributed by atoms with Gasteiger partial charge in [0.1, 0.15) is 24.2 Å². The number of carbonyl (C=O) groups is 2. The summed E-state index contributed by atoms with van der Waals surface area (Å²) in [6.45, 7) is 4.68. The van der Waals surface area contributed by atoms with Crippen LogP contribution in [0.2, 0.25) is 5.02 Å². The minimum atomic E-state index is -5.01. The van der Waals surface area contributed by atoms with Crippen LogP contribution in [0.5, 0.6) is 0 Å². The molecule has 0 N–H and O–H groups in total. The third kappa shape index (κ3) is 5.89. The largest absolute Gasteiger partial charge is 0.461 e.